The van der Waals surface area contributed by atoms with Crippen LogP contribution in [0.2, 0.25) is 0 Å². The molecule has 1 aromatic carbocycles. The number of carbonyl (C=O) groups excluding carboxylic acids is 4. The third-order valence-electron chi connectivity index (χ3n) is 6.81. The maximum absolute atomic E-state index is 13.8. The molecule has 2 rings (SSSR count). The minimum absolute atomic E-state index is 0.0131. The van der Waals surface area contributed by atoms with Gasteiger partial charge in [-0.2, -0.15) is 0 Å². The summed E-state index contributed by atoms with van der Waals surface area (Å²) in [6, 6.07) is 7.26. The first-order valence-corrected chi connectivity index (χ1v) is 16.5. The molecule has 1 unspecified atom stereocenters. The van der Waals surface area contributed by atoms with E-state index in [0.717, 1.165) is 5.56 Å². The second-order valence-corrected chi connectivity index (χ2v) is 13.7. The van der Waals surface area contributed by atoms with Gasteiger partial charge in [0.1, 0.15) is 24.2 Å². The number of nitrogens with one attached hydrogen (secondary N) is 4. The van der Waals surface area contributed by atoms with Gasteiger partial charge in [0.15, 0.2) is 0 Å². The lowest BCUT2D eigenvalue weighted by Crippen LogP contribution is -2.78. The molecule has 45 heavy (non-hydrogen) atoms. The maximum atomic E-state index is 13.8. The minimum atomic E-state index is -4.07. The zero-order chi connectivity index (χ0) is 33.6. The topological polar surface area (TPSA) is 226 Å². The van der Waals surface area contributed by atoms with E-state index in [0.29, 0.717) is 25.8 Å². The highest BCUT2D eigenvalue weighted by Crippen LogP contribution is 2.20. The van der Waals surface area contributed by atoms with Crippen molar-refractivity contribution >= 4 is 39.9 Å². The maximum Gasteiger partial charge on any atom is 0.408 e. The number of likely N-dealkylation sites (tertiary alicyclic amines) is 1. The lowest BCUT2D eigenvalue weighted by atomic mass is 10.0. The van der Waals surface area contributed by atoms with Gasteiger partial charge in [-0.1, -0.05) is 30.3 Å². The monoisotopic (exact) mass is 654 g/mol. The summed E-state index contributed by atoms with van der Waals surface area (Å²) in [6.45, 7) is 6.58. The number of nitrogens with zero attached hydrogens (tertiary/aromatic N) is 1. The van der Waals surface area contributed by atoms with Crippen LogP contribution in [0.4, 0.5) is 4.79 Å². The highest BCUT2D eigenvalue weighted by molar-refractivity contribution is 7.90. The molecule has 1 aromatic rings. The summed E-state index contributed by atoms with van der Waals surface area (Å²) in [6.07, 6.45) is 0.754. The number of sulfonamides is 1. The Balaban J connectivity index is 2.17. The van der Waals surface area contributed by atoms with E-state index in [1.807, 2.05) is 30.3 Å². The average molecular weight is 655 g/mol. The number of carbonyl (C=O) groups is 4. The van der Waals surface area contributed by atoms with E-state index in [1.165, 1.54) is 4.90 Å². The summed E-state index contributed by atoms with van der Waals surface area (Å²) >= 11 is 0. The fourth-order valence-corrected chi connectivity index (χ4v) is 6.09. The van der Waals surface area contributed by atoms with Gasteiger partial charge in [0, 0.05) is 19.5 Å². The molecule has 1 aliphatic rings. The standard InChI is InChI=1S/C29H47N7O8S/c1-5-43-24(37)19-34-45(41,42)21(13-9-15-32-27(30)31)18-33-25(38)23-14-10-16-36(23)26(39)22(17-20-11-7-6-8-12-20)35-28(40)44-29(2,3)4/h6-8,11-12,21-23,34H,5,9-10,13-19H2,1-4H3,(H,33,38)(H,35,40)(H4,30,31,32)/p+1/t21?,22-,23+/m1/s1. The zero-order valence-electron chi connectivity index (χ0n) is 26.5. The lowest BCUT2D eigenvalue weighted by Gasteiger charge is -2.30. The van der Waals surface area contributed by atoms with Gasteiger partial charge >= 0.3 is 18.0 Å². The Morgan fingerprint density at radius 3 is 2.44 bits per heavy atom. The van der Waals surface area contributed by atoms with Crippen LogP contribution < -0.4 is 31.8 Å². The number of rotatable bonds is 16. The number of hydrogen-bond acceptors (Lipinski definition) is 8. The number of benzene rings is 1. The van der Waals surface area contributed by atoms with Crippen molar-refractivity contribution in [3.8, 4) is 0 Å². The van der Waals surface area contributed by atoms with Crippen molar-refractivity contribution in [3.05, 3.63) is 35.9 Å². The first-order valence-electron chi connectivity index (χ1n) is 15.0. The van der Waals surface area contributed by atoms with E-state index < -0.39 is 63.4 Å². The molecule has 0 saturated carbocycles. The van der Waals surface area contributed by atoms with Gasteiger partial charge in [0.05, 0.1) is 18.4 Å². The molecule has 8 N–H and O–H groups in total. The van der Waals surface area contributed by atoms with Crippen LogP contribution in [0.3, 0.4) is 0 Å². The zero-order valence-corrected chi connectivity index (χ0v) is 27.3. The van der Waals surface area contributed by atoms with Crippen molar-refractivity contribution < 1.29 is 42.1 Å². The van der Waals surface area contributed by atoms with Gasteiger partial charge in [-0.15, -0.1) is 0 Å². The molecule has 0 aliphatic carbocycles. The van der Waals surface area contributed by atoms with E-state index in [-0.39, 0.29) is 38.5 Å². The van der Waals surface area contributed by atoms with Crippen LogP contribution in [0.5, 0.6) is 0 Å². The fraction of sp³-hybridized carbons (Fsp3) is 0.621. The van der Waals surface area contributed by atoms with Crippen molar-refractivity contribution in [2.45, 2.75) is 82.7 Å². The number of guanidine groups is 1. The summed E-state index contributed by atoms with van der Waals surface area (Å²) in [5.74, 6) is -1.73. The van der Waals surface area contributed by atoms with E-state index in [1.54, 1.807) is 27.7 Å². The summed E-state index contributed by atoms with van der Waals surface area (Å²) in [7, 11) is -4.07. The summed E-state index contributed by atoms with van der Waals surface area (Å²) < 4.78 is 38.6. The second-order valence-electron chi connectivity index (χ2n) is 11.6. The van der Waals surface area contributed by atoms with Crippen molar-refractivity contribution in [3.63, 3.8) is 0 Å². The molecule has 0 radical (unpaired) electrons. The summed E-state index contributed by atoms with van der Waals surface area (Å²) in [5, 5.41) is 4.24. The van der Waals surface area contributed by atoms with Gasteiger partial charge in [-0.3, -0.25) is 30.8 Å². The lowest BCUT2D eigenvalue weighted by molar-refractivity contribution is -0.459. The molecule has 0 bridgehead atoms. The fourth-order valence-electron chi connectivity index (χ4n) is 4.75. The third kappa shape index (κ3) is 13.3. The SMILES string of the molecule is CCOC(=O)CNS(=O)(=O)C(CCC[NH+]=C(N)N)CNC(=O)[C@@H]1CCCN1C(=O)[C@@H](Cc1ccccc1)NC(=O)OC(C)(C)C. The molecule has 3 atom stereocenters. The van der Waals surface area contributed by atoms with E-state index >= 15 is 0 Å². The van der Waals surface area contributed by atoms with Crippen molar-refractivity contribution in [1.29, 1.82) is 0 Å². The van der Waals surface area contributed by atoms with E-state index in [4.69, 9.17) is 20.9 Å². The molecule has 1 saturated heterocycles. The molecule has 0 aromatic heterocycles. The molecule has 1 aliphatic heterocycles. The first-order chi connectivity index (χ1) is 21.1. The number of alkyl carbamates (subject to hydrolysis) is 1. The van der Waals surface area contributed by atoms with Crippen LogP contribution in [0, 0.1) is 0 Å². The summed E-state index contributed by atoms with van der Waals surface area (Å²) in [4.78, 5) is 55.7. The Labute approximate surface area is 264 Å². The highest BCUT2D eigenvalue weighted by Gasteiger charge is 2.39. The molecule has 0 spiro atoms. The predicted molar refractivity (Wildman–Crippen MR) is 167 cm³/mol. The van der Waals surface area contributed by atoms with Crippen molar-refractivity contribution in [2.24, 2.45) is 11.5 Å². The quantitative estimate of drug-likeness (QED) is 0.0508. The van der Waals surface area contributed by atoms with Gasteiger partial charge in [-0.05, 0) is 58.9 Å². The highest BCUT2D eigenvalue weighted by atomic mass is 32.2. The second kappa shape index (κ2) is 17.5. The Morgan fingerprint density at radius 2 is 1.82 bits per heavy atom. The molecular weight excluding hydrogens is 606 g/mol. The Kier molecular flexibility index (Phi) is 14.5. The van der Waals surface area contributed by atoms with Gasteiger partial charge in [-0.25, -0.2) is 17.9 Å². The van der Waals surface area contributed by atoms with Crippen LogP contribution in [0.25, 0.3) is 0 Å². The Hall–Kier alpha value is -3.92. The number of esters is 1. The number of ether oxygens (including phenoxy) is 2. The molecule has 252 valence electrons. The van der Waals surface area contributed by atoms with Crippen LogP contribution in [-0.4, -0.2) is 98.9 Å². The molecule has 16 heteroatoms. The third-order valence-corrected chi connectivity index (χ3v) is 8.63. The van der Waals surface area contributed by atoms with Gasteiger partial charge in [0.2, 0.25) is 21.8 Å². The first kappa shape index (κ1) is 37.3. The minimum Gasteiger partial charge on any atom is -0.465 e. The molecule has 1 fully saturated rings. The summed E-state index contributed by atoms with van der Waals surface area (Å²) in [5.41, 5.74) is 10.8. The Bertz CT molecular complexity index is 1280. The van der Waals surface area contributed by atoms with Crippen LogP contribution in [-0.2, 0) is 40.3 Å². The number of nitrogens with two attached hydrogens (primary N) is 2. The van der Waals surface area contributed by atoms with E-state index in [9.17, 15) is 27.6 Å². The normalized spacial score (nSPS) is 16.3. The Morgan fingerprint density at radius 1 is 1.13 bits per heavy atom. The molecule has 15 nitrogen and oxygen atoms in total. The number of amides is 3. The van der Waals surface area contributed by atoms with Crippen LogP contribution in [0.1, 0.15) is 58.9 Å². The average Bonchev–Trinajstić information content (AvgIpc) is 3.44. The smallest absolute Gasteiger partial charge is 0.408 e. The van der Waals surface area contributed by atoms with Crippen LogP contribution in [0.15, 0.2) is 30.3 Å². The molecule has 3 amide bonds. The van der Waals surface area contributed by atoms with Crippen LogP contribution >= 0.6 is 0 Å². The van der Waals surface area contributed by atoms with Gasteiger partial charge < -0.3 is 25.0 Å². The molecule has 1 heterocycles. The van der Waals surface area contributed by atoms with Crippen molar-refractivity contribution in [2.75, 3.05) is 32.8 Å². The van der Waals surface area contributed by atoms with E-state index in [2.05, 4.69) is 20.3 Å². The number of hydrogen-bond donors (Lipinski definition) is 6. The molecular formula is C29H48N7O8S+. The van der Waals surface area contributed by atoms with Gasteiger partial charge in [0.25, 0.3) is 0 Å². The largest absolute Gasteiger partial charge is 0.465 e. The van der Waals surface area contributed by atoms with Crippen molar-refractivity contribution in [1.82, 2.24) is 20.3 Å². The predicted octanol–water partition coefficient (Wildman–Crippen LogP) is -1.79.